The molecule has 2 aromatic carbocycles. The summed E-state index contributed by atoms with van der Waals surface area (Å²) < 4.78 is 60.2. The molecule has 8 nitrogen and oxygen atoms in total. The number of pyridine rings is 1. The van der Waals surface area contributed by atoms with Gasteiger partial charge in [-0.2, -0.15) is 5.10 Å². The molecule has 0 aliphatic heterocycles. The minimum absolute atomic E-state index is 0.147. The van der Waals surface area contributed by atoms with Crippen LogP contribution in [0, 0.1) is 11.6 Å². The maximum atomic E-state index is 14.8. The maximum absolute atomic E-state index is 14.8. The summed E-state index contributed by atoms with van der Waals surface area (Å²) in [5.74, 6) is -1.44. The molecular weight excluding hydrogens is 534 g/mol. The summed E-state index contributed by atoms with van der Waals surface area (Å²) in [6, 6.07) is 10.6. The first-order valence-electron chi connectivity index (χ1n) is 13.3. The minimum Gasteiger partial charge on any atom is -0.283 e. The number of fused-ring (bicyclic) bond motifs is 1. The third kappa shape index (κ3) is 4.64. The van der Waals surface area contributed by atoms with E-state index in [1.54, 1.807) is 35.3 Å². The van der Waals surface area contributed by atoms with Gasteiger partial charge in [-0.15, -0.1) is 0 Å². The maximum Gasteiger partial charge on any atom is 0.235 e. The summed E-state index contributed by atoms with van der Waals surface area (Å²) in [6.07, 6.45) is 13.2. The highest BCUT2D eigenvalue weighted by molar-refractivity contribution is 7.93. The number of anilines is 1. The predicted molar refractivity (Wildman–Crippen MR) is 149 cm³/mol. The van der Waals surface area contributed by atoms with Crippen molar-refractivity contribution in [2.45, 2.75) is 49.8 Å². The Kier molecular flexibility index (Phi) is 5.92. The van der Waals surface area contributed by atoms with Gasteiger partial charge in [-0.25, -0.2) is 27.2 Å². The van der Waals surface area contributed by atoms with E-state index in [-0.39, 0.29) is 11.3 Å². The lowest BCUT2D eigenvalue weighted by atomic mass is 10.0. The average Bonchev–Trinajstić information content (AvgIpc) is 3.30. The molecule has 0 bridgehead atoms. The van der Waals surface area contributed by atoms with Crippen LogP contribution in [-0.2, 0) is 10.0 Å². The average molecular weight is 561 g/mol. The van der Waals surface area contributed by atoms with E-state index in [1.165, 1.54) is 25.0 Å². The fourth-order valence-corrected chi connectivity index (χ4v) is 6.79. The highest BCUT2D eigenvalue weighted by Crippen LogP contribution is 2.35. The van der Waals surface area contributed by atoms with E-state index in [4.69, 9.17) is 0 Å². The number of hydrogen-bond acceptors (Lipinski definition) is 5. The summed E-state index contributed by atoms with van der Waals surface area (Å²) in [4.78, 5) is 9.23. The Morgan fingerprint density at radius 2 is 1.70 bits per heavy atom. The van der Waals surface area contributed by atoms with Gasteiger partial charge in [-0.3, -0.25) is 14.0 Å². The number of benzene rings is 2. The summed E-state index contributed by atoms with van der Waals surface area (Å²) in [5, 5.41) is 4.13. The van der Waals surface area contributed by atoms with Gasteiger partial charge in [0.05, 0.1) is 28.9 Å². The van der Waals surface area contributed by atoms with E-state index in [1.807, 2.05) is 16.9 Å². The van der Waals surface area contributed by atoms with Crippen molar-refractivity contribution >= 4 is 26.9 Å². The molecule has 0 saturated heterocycles. The molecule has 2 fully saturated rings. The number of sulfonamides is 1. The van der Waals surface area contributed by atoms with Crippen LogP contribution in [-0.4, -0.2) is 38.0 Å². The first-order valence-corrected chi connectivity index (χ1v) is 14.9. The molecule has 0 unspecified atom stereocenters. The Labute approximate surface area is 229 Å². The smallest absolute Gasteiger partial charge is 0.235 e. The van der Waals surface area contributed by atoms with Crippen LogP contribution in [0.4, 0.5) is 14.5 Å². The van der Waals surface area contributed by atoms with Gasteiger partial charge < -0.3 is 0 Å². The second-order valence-corrected chi connectivity index (χ2v) is 12.5. The number of rotatable bonds is 7. The number of imidazole rings is 1. The number of nitrogens with one attached hydrogen (secondary N) is 1. The SMILES string of the molecule is O=S(=O)(Nc1cc(-c2ccc(F)cc2F)cc(-n2cnc3cc(-c4cnn(C5CCCC5)c4)cnc32)c1)C1CC1. The molecular formula is C29H26F2N6O2S. The van der Waals surface area contributed by atoms with Gasteiger partial charge in [0.15, 0.2) is 5.65 Å². The fraction of sp³-hybridized carbons (Fsp3) is 0.276. The minimum atomic E-state index is -3.58. The van der Waals surface area contributed by atoms with Crippen LogP contribution in [0.2, 0.25) is 0 Å². The Bertz CT molecular complexity index is 1860. The van der Waals surface area contributed by atoms with Gasteiger partial charge in [-0.05, 0) is 67.6 Å². The molecule has 11 heteroatoms. The van der Waals surface area contributed by atoms with Crippen molar-refractivity contribution in [1.29, 1.82) is 0 Å². The van der Waals surface area contributed by atoms with E-state index in [2.05, 4.69) is 26.0 Å². The third-order valence-electron chi connectivity index (χ3n) is 7.68. The molecule has 3 heterocycles. The zero-order valence-corrected chi connectivity index (χ0v) is 22.3. The van der Waals surface area contributed by atoms with Crippen molar-refractivity contribution in [3.63, 3.8) is 0 Å². The standard InChI is InChI=1S/C29H26F2N6O2S/c30-21-5-8-26(27(31)12-21)18-9-22(35-40(38,39)25-6-7-25)13-24(10-18)36-17-33-28-11-19(14-32-29(28)36)20-15-34-37(16-20)23-3-1-2-4-23/h5,8-17,23,25,35H,1-4,6-7H2. The molecule has 1 N–H and O–H groups in total. The van der Waals surface area contributed by atoms with Gasteiger partial charge in [0.1, 0.15) is 23.5 Å². The molecule has 0 radical (unpaired) electrons. The molecule has 0 atom stereocenters. The van der Waals surface area contributed by atoms with Crippen LogP contribution < -0.4 is 4.72 Å². The van der Waals surface area contributed by atoms with E-state index in [0.717, 1.165) is 30.0 Å². The Balaban J connectivity index is 1.28. The molecule has 2 saturated carbocycles. The Morgan fingerprint density at radius 3 is 2.48 bits per heavy atom. The van der Waals surface area contributed by atoms with E-state index < -0.39 is 26.9 Å². The van der Waals surface area contributed by atoms with Crippen LogP contribution in [0.3, 0.4) is 0 Å². The van der Waals surface area contributed by atoms with Crippen molar-refractivity contribution in [2.24, 2.45) is 0 Å². The van der Waals surface area contributed by atoms with Gasteiger partial charge in [0.25, 0.3) is 0 Å². The number of halogens is 2. The second-order valence-electron chi connectivity index (χ2n) is 10.6. The molecule has 7 rings (SSSR count). The van der Waals surface area contributed by atoms with Crippen LogP contribution >= 0.6 is 0 Å². The van der Waals surface area contributed by atoms with Crippen molar-refractivity contribution in [2.75, 3.05) is 4.72 Å². The van der Waals surface area contributed by atoms with Crippen LogP contribution in [0.1, 0.15) is 44.6 Å². The zero-order valence-electron chi connectivity index (χ0n) is 21.5. The number of aromatic nitrogens is 5. The highest BCUT2D eigenvalue weighted by Gasteiger charge is 2.36. The van der Waals surface area contributed by atoms with E-state index in [9.17, 15) is 17.2 Å². The first-order chi connectivity index (χ1) is 19.3. The molecule has 2 aliphatic carbocycles. The third-order valence-corrected chi connectivity index (χ3v) is 9.55. The molecule has 2 aliphatic rings. The lowest BCUT2D eigenvalue weighted by Crippen LogP contribution is -2.17. The number of nitrogens with zero attached hydrogens (tertiary/aromatic N) is 5. The summed E-state index contributed by atoms with van der Waals surface area (Å²) >= 11 is 0. The van der Waals surface area contributed by atoms with Crippen molar-refractivity contribution < 1.29 is 17.2 Å². The van der Waals surface area contributed by atoms with Gasteiger partial charge in [-0.1, -0.05) is 12.8 Å². The lowest BCUT2D eigenvalue weighted by Gasteiger charge is -2.14. The van der Waals surface area contributed by atoms with Gasteiger partial charge in [0, 0.05) is 35.2 Å². The Morgan fingerprint density at radius 1 is 0.875 bits per heavy atom. The predicted octanol–water partition coefficient (Wildman–Crippen LogP) is 6.25. The van der Waals surface area contributed by atoms with Crippen LogP contribution in [0.5, 0.6) is 0 Å². The molecule has 5 aromatic rings. The van der Waals surface area contributed by atoms with Crippen LogP contribution in [0.15, 0.2) is 67.4 Å². The monoisotopic (exact) mass is 560 g/mol. The van der Waals surface area contributed by atoms with Crippen LogP contribution in [0.25, 0.3) is 39.1 Å². The largest absolute Gasteiger partial charge is 0.283 e. The quantitative estimate of drug-likeness (QED) is 0.254. The fourth-order valence-electron chi connectivity index (χ4n) is 5.42. The van der Waals surface area contributed by atoms with E-state index >= 15 is 0 Å². The van der Waals surface area contributed by atoms with Crippen molar-refractivity contribution in [3.05, 3.63) is 79.0 Å². The summed E-state index contributed by atoms with van der Waals surface area (Å²) in [6.45, 7) is 0. The highest BCUT2D eigenvalue weighted by atomic mass is 32.2. The zero-order chi connectivity index (χ0) is 27.4. The van der Waals surface area contributed by atoms with Crippen molar-refractivity contribution in [1.82, 2.24) is 24.3 Å². The molecule has 3 aromatic heterocycles. The first kappa shape index (κ1) is 24.9. The lowest BCUT2D eigenvalue weighted by molar-refractivity contribution is 0.467. The van der Waals surface area contributed by atoms with E-state index in [0.29, 0.717) is 41.3 Å². The van der Waals surface area contributed by atoms with Crippen molar-refractivity contribution in [3.8, 4) is 27.9 Å². The topological polar surface area (TPSA) is 94.7 Å². The second kappa shape index (κ2) is 9.51. The van der Waals surface area contributed by atoms with Gasteiger partial charge >= 0.3 is 0 Å². The molecule has 0 spiro atoms. The number of hydrogen-bond donors (Lipinski definition) is 1. The van der Waals surface area contributed by atoms with Gasteiger partial charge in [0.2, 0.25) is 10.0 Å². The molecule has 0 amide bonds. The Hall–Kier alpha value is -4.12. The summed E-state index contributed by atoms with van der Waals surface area (Å²) in [7, 11) is -3.58. The molecule has 40 heavy (non-hydrogen) atoms. The summed E-state index contributed by atoms with van der Waals surface area (Å²) in [5.41, 5.74) is 4.40. The molecule has 204 valence electrons. The normalized spacial score (nSPS) is 16.1.